The zero-order valence-electron chi connectivity index (χ0n) is 14.0. The summed E-state index contributed by atoms with van der Waals surface area (Å²) in [6.45, 7) is 0.597. The highest BCUT2D eigenvalue weighted by Crippen LogP contribution is 2.31. The van der Waals surface area contributed by atoms with Crippen molar-refractivity contribution in [2.75, 3.05) is 13.7 Å². The maximum atomic E-state index is 11.5. The van der Waals surface area contributed by atoms with Crippen LogP contribution in [0.15, 0.2) is 29.4 Å². The number of hydrogen-bond donors (Lipinski definition) is 1. The van der Waals surface area contributed by atoms with Crippen molar-refractivity contribution in [3.8, 4) is 0 Å². The lowest BCUT2D eigenvalue weighted by Gasteiger charge is -2.09. The monoisotopic (exact) mass is 367 g/mol. The second-order valence-corrected chi connectivity index (χ2v) is 6.16. The zero-order chi connectivity index (χ0) is 18.1. The molecule has 0 radical (unpaired) electrons. The van der Waals surface area contributed by atoms with Crippen LogP contribution in [0, 0.1) is 0 Å². The number of hydroxylamine groups is 2. The van der Waals surface area contributed by atoms with E-state index < -0.39 is 5.97 Å². The molecule has 0 spiro atoms. The van der Waals surface area contributed by atoms with E-state index in [4.69, 9.17) is 19.0 Å². The number of nitrogens with zero attached hydrogens (tertiary/aromatic N) is 1. The third-order valence-electron chi connectivity index (χ3n) is 3.47. The Hall–Kier alpha value is -2.03. The molecular formula is C17H21NO6S. The number of methoxy groups -OCH3 is 1. The van der Waals surface area contributed by atoms with Crippen molar-refractivity contribution < 1.29 is 28.6 Å². The number of carboxylic acids is 1. The van der Waals surface area contributed by atoms with Gasteiger partial charge in [0.25, 0.3) is 0 Å². The topological polar surface area (TPSA) is 85.3 Å². The number of hydrogen-bond acceptors (Lipinski definition) is 7. The Morgan fingerprint density at radius 1 is 1.28 bits per heavy atom. The maximum Gasteiger partial charge on any atom is 0.337 e. The molecule has 1 aliphatic heterocycles. The molecule has 7 nitrogen and oxygen atoms in total. The largest absolute Gasteiger partial charge is 0.481 e. The van der Waals surface area contributed by atoms with E-state index in [1.54, 1.807) is 24.3 Å². The van der Waals surface area contributed by atoms with Gasteiger partial charge < -0.3 is 14.7 Å². The van der Waals surface area contributed by atoms with Crippen molar-refractivity contribution in [1.29, 1.82) is 0 Å². The van der Waals surface area contributed by atoms with Gasteiger partial charge in [0.2, 0.25) is 5.09 Å². The molecule has 1 aliphatic rings. The number of rotatable bonds is 9. The minimum atomic E-state index is -0.756. The highest BCUT2D eigenvalue weighted by Gasteiger charge is 2.21. The first-order valence-electron chi connectivity index (χ1n) is 8.00. The molecule has 8 heteroatoms. The summed E-state index contributed by atoms with van der Waals surface area (Å²) in [4.78, 5) is 27.5. The third kappa shape index (κ3) is 6.77. The number of esters is 1. The molecule has 0 bridgehead atoms. The lowest BCUT2D eigenvalue weighted by atomic mass is 10.1. The van der Waals surface area contributed by atoms with Crippen LogP contribution in [0.1, 0.15) is 48.0 Å². The average molecular weight is 367 g/mol. The highest BCUT2D eigenvalue weighted by molar-refractivity contribution is 7.98. The van der Waals surface area contributed by atoms with Crippen LogP contribution in [0.2, 0.25) is 0 Å². The normalized spacial score (nSPS) is 16.0. The zero-order valence-corrected chi connectivity index (χ0v) is 14.8. The molecule has 0 atom stereocenters. The molecule has 0 aromatic heterocycles. The summed E-state index contributed by atoms with van der Waals surface area (Å²) in [5.74, 6) is -1.14. The number of benzene rings is 1. The van der Waals surface area contributed by atoms with E-state index in [1.165, 1.54) is 12.3 Å². The molecule has 0 amide bonds. The van der Waals surface area contributed by atoms with E-state index in [-0.39, 0.29) is 12.4 Å². The van der Waals surface area contributed by atoms with E-state index in [9.17, 15) is 9.59 Å². The van der Waals surface area contributed by atoms with Crippen molar-refractivity contribution in [1.82, 2.24) is 5.23 Å². The van der Waals surface area contributed by atoms with Gasteiger partial charge in [0.1, 0.15) is 0 Å². The molecule has 25 heavy (non-hydrogen) atoms. The average Bonchev–Trinajstić information content (AvgIpc) is 3.04. The predicted octanol–water partition coefficient (Wildman–Crippen LogP) is 3.63. The van der Waals surface area contributed by atoms with Gasteiger partial charge in [0.15, 0.2) is 0 Å². The SMILES string of the molecule is COC(=O)c1cccc(C=C2ON(CCCCCCC(=O)O)OS2)c1. The minimum absolute atomic E-state index is 0.212. The summed E-state index contributed by atoms with van der Waals surface area (Å²) < 4.78 is 10.1. The van der Waals surface area contributed by atoms with Crippen molar-refractivity contribution in [3.05, 3.63) is 40.5 Å². The van der Waals surface area contributed by atoms with Gasteiger partial charge in [-0.2, -0.15) is 4.28 Å². The fourth-order valence-electron chi connectivity index (χ4n) is 2.22. The summed E-state index contributed by atoms with van der Waals surface area (Å²) in [5.41, 5.74) is 1.28. The van der Waals surface area contributed by atoms with Crippen LogP contribution in [0.3, 0.4) is 0 Å². The molecule has 0 saturated carbocycles. The fourth-order valence-corrected chi connectivity index (χ4v) is 2.78. The van der Waals surface area contributed by atoms with Crippen LogP contribution in [0.4, 0.5) is 0 Å². The number of carbonyl (C=O) groups excluding carboxylic acids is 1. The molecule has 1 aromatic rings. The summed E-state index contributed by atoms with van der Waals surface area (Å²) >= 11 is 1.11. The molecule has 0 unspecified atom stereocenters. The van der Waals surface area contributed by atoms with Gasteiger partial charge in [0, 0.05) is 6.42 Å². The highest BCUT2D eigenvalue weighted by atomic mass is 32.2. The first-order valence-corrected chi connectivity index (χ1v) is 8.74. The van der Waals surface area contributed by atoms with Crippen molar-refractivity contribution >= 4 is 30.1 Å². The van der Waals surface area contributed by atoms with Gasteiger partial charge in [-0.25, -0.2) is 4.79 Å². The van der Waals surface area contributed by atoms with Crippen LogP contribution in [-0.2, 0) is 18.7 Å². The molecule has 136 valence electrons. The lowest BCUT2D eigenvalue weighted by molar-refractivity contribution is -0.259. The van der Waals surface area contributed by atoms with Gasteiger partial charge in [-0.1, -0.05) is 25.0 Å². The molecule has 1 aromatic carbocycles. The molecule has 1 heterocycles. The van der Waals surface area contributed by atoms with E-state index in [2.05, 4.69) is 0 Å². The molecule has 0 aliphatic carbocycles. The summed E-state index contributed by atoms with van der Waals surface area (Å²) in [7, 11) is 1.34. The first-order chi connectivity index (χ1) is 12.1. The number of carboxylic acid groups (broad SMARTS) is 1. The first kappa shape index (κ1) is 19.3. The quantitative estimate of drug-likeness (QED) is 0.402. The Morgan fingerprint density at radius 3 is 2.84 bits per heavy atom. The number of aliphatic carboxylic acids is 1. The number of carbonyl (C=O) groups is 2. The van der Waals surface area contributed by atoms with Gasteiger partial charge in [0.05, 0.1) is 31.3 Å². The van der Waals surface area contributed by atoms with Crippen LogP contribution in [-0.4, -0.2) is 35.9 Å². The predicted molar refractivity (Wildman–Crippen MR) is 92.9 cm³/mol. The van der Waals surface area contributed by atoms with Gasteiger partial charge in [-0.3, -0.25) is 4.79 Å². The molecule has 2 rings (SSSR count). The number of unbranched alkanes of at least 4 members (excludes halogenated alkanes) is 3. The van der Waals surface area contributed by atoms with Crippen LogP contribution < -0.4 is 0 Å². The maximum absolute atomic E-state index is 11.5. The third-order valence-corrected chi connectivity index (χ3v) is 4.07. The Bertz CT molecular complexity index is 633. The Kier molecular flexibility index (Phi) is 7.77. The Morgan fingerprint density at radius 2 is 2.08 bits per heavy atom. The van der Waals surface area contributed by atoms with Crippen LogP contribution in [0.5, 0.6) is 0 Å². The van der Waals surface area contributed by atoms with Crippen molar-refractivity contribution in [2.45, 2.75) is 32.1 Å². The fraction of sp³-hybridized carbons (Fsp3) is 0.412. The Balaban J connectivity index is 1.75. The minimum Gasteiger partial charge on any atom is -0.481 e. The van der Waals surface area contributed by atoms with Crippen LogP contribution >= 0.6 is 12.0 Å². The van der Waals surface area contributed by atoms with Gasteiger partial charge in [-0.05, 0) is 41.8 Å². The number of ether oxygens (including phenoxy) is 1. The van der Waals surface area contributed by atoms with Crippen molar-refractivity contribution in [2.24, 2.45) is 0 Å². The van der Waals surface area contributed by atoms with E-state index >= 15 is 0 Å². The van der Waals surface area contributed by atoms with Gasteiger partial charge in [-0.15, -0.1) is 0 Å². The van der Waals surface area contributed by atoms with Gasteiger partial charge >= 0.3 is 11.9 Å². The molecular weight excluding hydrogens is 346 g/mol. The molecule has 1 N–H and O–H groups in total. The smallest absolute Gasteiger partial charge is 0.337 e. The molecule has 1 fully saturated rings. The standard InChI is InChI=1S/C17H21NO6S/c1-22-17(21)14-8-6-7-13(11-14)12-16-23-18(24-25-16)10-5-3-2-4-9-15(19)20/h6-8,11-12H,2-5,9-10H2,1H3,(H,19,20). The van der Waals surface area contributed by atoms with E-state index in [1.807, 2.05) is 6.07 Å². The summed E-state index contributed by atoms with van der Waals surface area (Å²) in [5, 5.41) is 10.5. The van der Waals surface area contributed by atoms with E-state index in [0.717, 1.165) is 36.9 Å². The summed E-state index contributed by atoms with van der Waals surface area (Å²) in [6, 6.07) is 7.03. The van der Waals surface area contributed by atoms with Crippen molar-refractivity contribution in [3.63, 3.8) is 0 Å². The lowest BCUT2D eigenvalue weighted by Crippen LogP contribution is -2.16. The second kappa shape index (κ2) is 10.1. The summed E-state index contributed by atoms with van der Waals surface area (Å²) in [6.07, 6.45) is 5.32. The van der Waals surface area contributed by atoms with Crippen LogP contribution in [0.25, 0.3) is 6.08 Å². The second-order valence-electron chi connectivity index (χ2n) is 5.44. The van der Waals surface area contributed by atoms with E-state index in [0.29, 0.717) is 23.6 Å². The molecule has 1 saturated heterocycles. The Labute approximate surface area is 150 Å².